The predicted octanol–water partition coefficient (Wildman–Crippen LogP) is 3.65. The van der Waals surface area contributed by atoms with Gasteiger partial charge in [0.15, 0.2) is 0 Å². The Morgan fingerprint density at radius 2 is 1.85 bits per heavy atom. The van der Waals surface area contributed by atoms with Crippen LogP contribution in [0.2, 0.25) is 0 Å². The zero-order chi connectivity index (χ0) is 17.9. The lowest BCUT2D eigenvalue weighted by atomic mass is 10.0. The fourth-order valence-electron chi connectivity index (χ4n) is 3.44. The summed E-state index contributed by atoms with van der Waals surface area (Å²) in [5.74, 6) is 0.0978. The van der Waals surface area contributed by atoms with Crippen LogP contribution in [0.3, 0.4) is 0 Å². The predicted molar refractivity (Wildman–Crippen MR) is 105 cm³/mol. The summed E-state index contributed by atoms with van der Waals surface area (Å²) in [7, 11) is 0. The van der Waals surface area contributed by atoms with Crippen LogP contribution in [0.25, 0.3) is 22.2 Å². The van der Waals surface area contributed by atoms with E-state index in [2.05, 4.69) is 36.5 Å². The second kappa shape index (κ2) is 7.26. The third kappa shape index (κ3) is 3.33. The summed E-state index contributed by atoms with van der Waals surface area (Å²) >= 11 is 0. The third-order valence-corrected chi connectivity index (χ3v) is 4.92. The van der Waals surface area contributed by atoms with E-state index in [0.717, 1.165) is 60.3 Å². The third-order valence-electron chi connectivity index (χ3n) is 4.92. The van der Waals surface area contributed by atoms with Crippen molar-refractivity contribution in [2.24, 2.45) is 0 Å². The van der Waals surface area contributed by atoms with Crippen molar-refractivity contribution in [2.75, 3.05) is 26.2 Å². The highest BCUT2D eigenvalue weighted by atomic mass is 16.2. The molecule has 1 amide bonds. The molecule has 1 aliphatic heterocycles. The highest BCUT2D eigenvalue weighted by Gasteiger charge is 2.20. The van der Waals surface area contributed by atoms with Gasteiger partial charge in [0.1, 0.15) is 0 Å². The zero-order valence-corrected chi connectivity index (χ0v) is 15.0. The summed E-state index contributed by atoms with van der Waals surface area (Å²) in [5.41, 5.74) is 4.70. The number of rotatable bonds is 2. The van der Waals surface area contributed by atoms with Crippen molar-refractivity contribution in [2.45, 2.75) is 13.3 Å². The molecule has 4 heteroatoms. The van der Waals surface area contributed by atoms with Crippen molar-refractivity contribution < 1.29 is 4.79 Å². The Kier molecular flexibility index (Phi) is 4.67. The molecule has 26 heavy (non-hydrogen) atoms. The van der Waals surface area contributed by atoms with Crippen LogP contribution in [0, 0.1) is 6.92 Å². The van der Waals surface area contributed by atoms with Gasteiger partial charge in [-0.1, -0.05) is 48.0 Å². The Morgan fingerprint density at radius 3 is 2.69 bits per heavy atom. The normalized spacial score (nSPS) is 15.0. The second-order valence-corrected chi connectivity index (χ2v) is 6.83. The van der Waals surface area contributed by atoms with Gasteiger partial charge in [-0.25, -0.2) is 4.98 Å². The van der Waals surface area contributed by atoms with Crippen LogP contribution < -0.4 is 5.32 Å². The average molecular weight is 345 g/mol. The molecule has 4 rings (SSSR count). The van der Waals surface area contributed by atoms with Crippen molar-refractivity contribution >= 4 is 16.8 Å². The van der Waals surface area contributed by atoms with Gasteiger partial charge in [0.25, 0.3) is 5.91 Å². The highest BCUT2D eigenvalue weighted by molar-refractivity contribution is 6.07. The summed E-state index contributed by atoms with van der Waals surface area (Å²) in [4.78, 5) is 20.0. The lowest BCUT2D eigenvalue weighted by Crippen LogP contribution is -2.34. The van der Waals surface area contributed by atoms with Crippen LogP contribution in [0.1, 0.15) is 22.3 Å². The first-order valence-electron chi connectivity index (χ1n) is 9.19. The maximum atomic E-state index is 13.3. The molecule has 0 aliphatic carbocycles. The summed E-state index contributed by atoms with van der Waals surface area (Å²) in [6, 6.07) is 18.1. The molecule has 0 saturated carbocycles. The van der Waals surface area contributed by atoms with Crippen molar-refractivity contribution in [3.8, 4) is 11.3 Å². The highest BCUT2D eigenvalue weighted by Crippen LogP contribution is 2.26. The SMILES string of the molecule is Cc1ccc(-c2cc(C(=O)N3CCCNCC3)c3ccccc3n2)cc1. The number of nitrogens with zero attached hydrogens (tertiary/aromatic N) is 2. The molecule has 1 aromatic heterocycles. The van der Waals surface area contributed by atoms with Gasteiger partial charge in [0.05, 0.1) is 16.8 Å². The molecular formula is C22H23N3O. The van der Waals surface area contributed by atoms with Gasteiger partial charge in [-0.3, -0.25) is 4.79 Å². The molecule has 2 heterocycles. The lowest BCUT2D eigenvalue weighted by Gasteiger charge is -2.21. The van der Waals surface area contributed by atoms with Crippen molar-refractivity contribution in [1.29, 1.82) is 0 Å². The van der Waals surface area contributed by atoms with Crippen LogP contribution in [0.15, 0.2) is 54.6 Å². The summed E-state index contributed by atoms with van der Waals surface area (Å²) in [6.45, 7) is 5.42. The minimum absolute atomic E-state index is 0.0978. The first-order valence-corrected chi connectivity index (χ1v) is 9.19. The first-order chi connectivity index (χ1) is 12.7. The summed E-state index contributed by atoms with van der Waals surface area (Å²) in [5, 5.41) is 4.28. The Hall–Kier alpha value is -2.72. The number of carbonyl (C=O) groups excluding carboxylic acids is 1. The van der Waals surface area contributed by atoms with E-state index in [4.69, 9.17) is 4.98 Å². The molecule has 0 atom stereocenters. The number of pyridine rings is 1. The molecule has 0 spiro atoms. The number of para-hydroxylation sites is 1. The zero-order valence-electron chi connectivity index (χ0n) is 15.0. The number of hydrogen-bond acceptors (Lipinski definition) is 3. The van der Waals surface area contributed by atoms with Crippen molar-refractivity contribution in [1.82, 2.24) is 15.2 Å². The molecule has 0 radical (unpaired) electrons. The Morgan fingerprint density at radius 1 is 1.04 bits per heavy atom. The molecule has 1 saturated heterocycles. The molecule has 2 aromatic carbocycles. The van der Waals surface area contributed by atoms with Gasteiger partial charge >= 0.3 is 0 Å². The average Bonchev–Trinajstić information content (AvgIpc) is 2.96. The van der Waals surface area contributed by atoms with Gasteiger partial charge in [-0.15, -0.1) is 0 Å². The maximum Gasteiger partial charge on any atom is 0.254 e. The topological polar surface area (TPSA) is 45.2 Å². The van der Waals surface area contributed by atoms with E-state index in [1.54, 1.807) is 0 Å². The molecular weight excluding hydrogens is 322 g/mol. The maximum absolute atomic E-state index is 13.3. The van der Waals surface area contributed by atoms with Crippen LogP contribution in [-0.2, 0) is 0 Å². The number of aromatic nitrogens is 1. The van der Waals surface area contributed by atoms with Crippen molar-refractivity contribution in [3.63, 3.8) is 0 Å². The quantitative estimate of drug-likeness (QED) is 0.771. The second-order valence-electron chi connectivity index (χ2n) is 6.83. The summed E-state index contributed by atoms with van der Waals surface area (Å²) in [6.07, 6.45) is 0.986. The Labute approximate surface area is 153 Å². The Bertz CT molecular complexity index is 926. The molecule has 1 fully saturated rings. The summed E-state index contributed by atoms with van der Waals surface area (Å²) < 4.78 is 0. The minimum Gasteiger partial charge on any atom is -0.337 e. The van der Waals surface area contributed by atoms with Crippen LogP contribution in [0.5, 0.6) is 0 Å². The van der Waals surface area contributed by atoms with E-state index in [0.29, 0.717) is 0 Å². The smallest absolute Gasteiger partial charge is 0.254 e. The van der Waals surface area contributed by atoms with E-state index in [9.17, 15) is 4.79 Å². The van der Waals surface area contributed by atoms with Gasteiger partial charge in [-0.05, 0) is 32.0 Å². The van der Waals surface area contributed by atoms with Crippen LogP contribution in [0.4, 0.5) is 0 Å². The lowest BCUT2D eigenvalue weighted by molar-refractivity contribution is 0.0768. The molecule has 4 nitrogen and oxygen atoms in total. The number of carbonyl (C=O) groups is 1. The largest absolute Gasteiger partial charge is 0.337 e. The number of fused-ring (bicyclic) bond motifs is 1. The number of hydrogen-bond donors (Lipinski definition) is 1. The monoisotopic (exact) mass is 345 g/mol. The fraction of sp³-hybridized carbons (Fsp3) is 0.273. The standard InChI is InChI=1S/C22H23N3O/c1-16-7-9-17(10-8-16)21-15-19(18-5-2-3-6-20(18)24-21)22(26)25-13-4-11-23-12-14-25/h2-3,5-10,15,23H,4,11-14H2,1H3. The Balaban J connectivity index is 1.81. The van der Waals surface area contributed by atoms with Gasteiger partial charge in [0, 0.05) is 30.6 Å². The van der Waals surface area contributed by atoms with E-state index < -0.39 is 0 Å². The minimum atomic E-state index is 0.0978. The number of amides is 1. The molecule has 132 valence electrons. The van der Waals surface area contributed by atoms with Gasteiger partial charge < -0.3 is 10.2 Å². The molecule has 1 N–H and O–H groups in total. The van der Waals surface area contributed by atoms with Gasteiger partial charge in [0.2, 0.25) is 0 Å². The molecule has 3 aromatic rings. The fourth-order valence-corrected chi connectivity index (χ4v) is 3.44. The van der Waals surface area contributed by atoms with E-state index >= 15 is 0 Å². The van der Waals surface area contributed by atoms with E-state index in [1.165, 1.54) is 5.56 Å². The van der Waals surface area contributed by atoms with E-state index in [-0.39, 0.29) is 5.91 Å². The number of aryl methyl sites for hydroxylation is 1. The molecule has 1 aliphatic rings. The van der Waals surface area contributed by atoms with Crippen LogP contribution >= 0.6 is 0 Å². The molecule has 0 bridgehead atoms. The number of nitrogens with one attached hydrogen (secondary N) is 1. The van der Waals surface area contributed by atoms with Crippen molar-refractivity contribution in [3.05, 3.63) is 65.7 Å². The first kappa shape index (κ1) is 16.7. The molecule has 0 unspecified atom stereocenters. The van der Waals surface area contributed by atoms with Gasteiger partial charge in [-0.2, -0.15) is 0 Å². The van der Waals surface area contributed by atoms with Crippen LogP contribution in [-0.4, -0.2) is 42.0 Å². The van der Waals surface area contributed by atoms with E-state index in [1.807, 2.05) is 35.2 Å². The number of benzene rings is 2.